The Morgan fingerprint density at radius 1 is 1.00 bits per heavy atom. The first-order valence-electron chi connectivity index (χ1n) is 16.8. The topological polar surface area (TPSA) is 143 Å². The molecule has 244 valence electrons. The van der Waals surface area contributed by atoms with Gasteiger partial charge in [-0.15, -0.1) is 0 Å². The van der Waals surface area contributed by atoms with Crippen molar-refractivity contribution in [3.05, 3.63) is 29.3 Å². The van der Waals surface area contributed by atoms with Gasteiger partial charge in [0.1, 0.15) is 23.2 Å². The number of rotatable bonds is 9. The molecule has 3 saturated carbocycles. The average molecular weight is 621 g/mol. The fraction of sp³-hybridized carbons (Fsp3) is 0.676. The van der Waals surface area contributed by atoms with Gasteiger partial charge in [-0.25, -0.2) is 0 Å². The zero-order valence-electron chi connectivity index (χ0n) is 27.5. The van der Waals surface area contributed by atoms with Crippen molar-refractivity contribution in [1.82, 2.24) is 0 Å². The monoisotopic (exact) mass is 620 g/mol. The highest BCUT2D eigenvalue weighted by atomic mass is 16.3. The average Bonchev–Trinajstić information content (AvgIpc) is 3.47. The second kappa shape index (κ2) is 11.7. The highest BCUT2D eigenvalue weighted by molar-refractivity contribution is 6.32. The summed E-state index contributed by atoms with van der Waals surface area (Å²) in [7, 11) is 0. The first-order valence-corrected chi connectivity index (χ1v) is 16.8. The molecule has 3 fully saturated rings. The van der Waals surface area contributed by atoms with E-state index in [1.54, 1.807) is 32.9 Å². The van der Waals surface area contributed by atoms with Crippen LogP contribution in [-0.2, 0) is 24.0 Å². The molecule has 5 rings (SSSR count). The van der Waals surface area contributed by atoms with E-state index >= 15 is 0 Å². The fourth-order valence-electron chi connectivity index (χ4n) is 10.6. The lowest BCUT2D eigenvalue weighted by Crippen LogP contribution is -2.80. The van der Waals surface area contributed by atoms with Crippen LogP contribution in [0.1, 0.15) is 121 Å². The zero-order valence-corrected chi connectivity index (χ0v) is 27.5. The minimum absolute atomic E-state index is 0.0125. The molecule has 1 aromatic carbocycles. The van der Waals surface area contributed by atoms with Crippen LogP contribution in [0.3, 0.4) is 0 Å². The number of ketones is 6. The molecular weight excluding hydrogens is 572 g/mol. The third kappa shape index (κ3) is 4.56. The Balaban J connectivity index is 1.84. The Bertz CT molecular complexity index is 1450. The fourth-order valence-corrected chi connectivity index (χ4v) is 10.6. The maximum absolute atomic E-state index is 15.0. The van der Waals surface area contributed by atoms with Gasteiger partial charge in [-0.3, -0.25) is 28.8 Å². The number of aromatic hydroxyl groups is 1. The summed E-state index contributed by atoms with van der Waals surface area (Å²) in [4.78, 5) is 84.5. The lowest BCUT2D eigenvalue weighted by Gasteiger charge is -2.67. The second-order valence-corrected chi connectivity index (χ2v) is 15.1. The largest absolute Gasteiger partial charge is 0.507 e. The third-order valence-corrected chi connectivity index (χ3v) is 12.4. The molecule has 0 aliphatic heterocycles. The van der Waals surface area contributed by atoms with Gasteiger partial charge >= 0.3 is 0 Å². The molecule has 0 saturated heterocycles. The van der Waals surface area contributed by atoms with Crippen LogP contribution in [0, 0.1) is 46.3 Å². The van der Waals surface area contributed by atoms with Crippen molar-refractivity contribution < 1.29 is 39.0 Å². The molecular formula is C37H48O8. The Morgan fingerprint density at radius 2 is 1.64 bits per heavy atom. The predicted molar refractivity (Wildman–Crippen MR) is 167 cm³/mol. The van der Waals surface area contributed by atoms with Crippen molar-refractivity contribution in [2.24, 2.45) is 46.3 Å². The zero-order chi connectivity index (χ0) is 33.2. The summed E-state index contributed by atoms with van der Waals surface area (Å²) in [6.07, 6.45) is 6.48. The van der Waals surface area contributed by atoms with E-state index in [1.807, 2.05) is 13.8 Å². The molecule has 8 nitrogen and oxygen atoms in total. The predicted octanol–water partition coefficient (Wildman–Crippen LogP) is 5.59. The third-order valence-electron chi connectivity index (χ3n) is 12.4. The molecule has 8 heteroatoms. The smallest absolute Gasteiger partial charge is 0.190 e. The molecule has 3 unspecified atom stereocenters. The number of phenols is 1. The lowest BCUT2D eigenvalue weighted by atomic mass is 9.33. The number of phenolic OH excluding ortho intramolecular Hbond substituents is 1. The normalized spacial score (nSPS) is 36.6. The van der Waals surface area contributed by atoms with E-state index < -0.39 is 80.9 Å². The second-order valence-electron chi connectivity index (χ2n) is 15.1. The van der Waals surface area contributed by atoms with Gasteiger partial charge in [-0.1, -0.05) is 72.4 Å². The Kier molecular flexibility index (Phi) is 8.65. The minimum atomic E-state index is -2.86. The van der Waals surface area contributed by atoms with E-state index in [9.17, 15) is 39.0 Å². The van der Waals surface area contributed by atoms with Gasteiger partial charge in [-0.2, -0.15) is 0 Å². The van der Waals surface area contributed by atoms with Gasteiger partial charge in [-0.05, 0) is 66.9 Å². The molecule has 1 aromatic rings. The number of benzene rings is 1. The first kappa shape index (κ1) is 33.4. The van der Waals surface area contributed by atoms with Crippen molar-refractivity contribution in [2.75, 3.05) is 0 Å². The van der Waals surface area contributed by atoms with Crippen molar-refractivity contribution >= 4 is 34.7 Å². The quantitative estimate of drug-likeness (QED) is 0.340. The van der Waals surface area contributed by atoms with Crippen LogP contribution in [0.25, 0.3) is 0 Å². The standard InChI is InChI=1S/C37H48O8/c1-7-11-22(39)18-26-35(5)24(17-16-21-12-8-9-13-21)23-14-10-15-25(40)28(23)32(42)30(35)34(44)37(45)33(43)27(20(4)38)31(41)29(19(2)3)36(26,37)6/h10,14-15,19,21,24,26-27,29-30,40,45H,7-9,11-13,16-18H2,1-6H3/t24-,26-,27?,29?,30?,35-,36-,37+/m1/s1. The molecule has 0 heterocycles. The number of Topliss-reactive ketones (excluding diaryl/α,β-unsaturated/α-hetero) is 6. The summed E-state index contributed by atoms with van der Waals surface area (Å²) in [6.45, 7) is 9.91. The van der Waals surface area contributed by atoms with E-state index in [0.717, 1.165) is 39.0 Å². The molecule has 0 spiro atoms. The summed E-state index contributed by atoms with van der Waals surface area (Å²) < 4.78 is 0. The summed E-state index contributed by atoms with van der Waals surface area (Å²) >= 11 is 0. The number of aliphatic hydroxyl groups is 1. The van der Waals surface area contributed by atoms with Gasteiger partial charge < -0.3 is 10.2 Å². The van der Waals surface area contributed by atoms with Gasteiger partial charge in [0.15, 0.2) is 28.7 Å². The molecule has 0 amide bonds. The van der Waals surface area contributed by atoms with Crippen LogP contribution < -0.4 is 0 Å². The van der Waals surface area contributed by atoms with Gasteiger partial charge in [0.2, 0.25) is 0 Å². The van der Waals surface area contributed by atoms with E-state index in [2.05, 4.69) is 0 Å². The van der Waals surface area contributed by atoms with Crippen LogP contribution in [0.5, 0.6) is 5.75 Å². The molecule has 0 bridgehead atoms. The van der Waals surface area contributed by atoms with Crippen molar-refractivity contribution in [1.29, 1.82) is 0 Å². The highest BCUT2D eigenvalue weighted by Gasteiger charge is 2.80. The summed E-state index contributed by atoms with van der Waals surface area (Å²) in [5.41, 5.74) is -5.29. The van der Waals surface area contributed by atoms with Crippen LogP contribution in [-0.4, -0.2) is 50.5 Å². The lowest BCUT2D eigenvalue weighted by molar-refractivity contribution is -0.226. The molecule has 8 atom stereocenters. The number of hydrogen-bond donors (Lipinski definition) is 2. The van der Waals surface area contributed by atoms with Gasteiger partial charge in [0.05, 0.1) is 11.5 Å². The van der Waals surface area contributed by atoms with E-state index in [-0.39, 0.29) is 29.9 Å². The minimum Gasteiger partial charge on any atom is -0.507 e. The van der Waals surface area contributed by atoms with Crippen molar-refractivity contribution in [3.63, 3.8) is 0 Å². The number of carbonyl (C=O) groups is 6. The highest BCUT2D eigenvalue weighted by Crippen LogP contribution is 2.71. The van der Waals surface area contributed by atoms with E-state index in [4.69, 9.17) is 0 Å². The maximum Gasteiger partial charge on any atom is 0.190 e. The van der Waals surface area contributed by atoms with Crippen LogP contribution in [0.2, 0.25) is 0 Å². The molecule has 4 aliphatic carbocycles. The van der Waals surface area contributed by atoms with Crippen LogP contribution in [0.15, 0.2) is 18.2 Å². The Labute approximate surface area is 265 Å². The molecule has 2 N–H and O–H groups in total. The summed E-state index contributed by atoms with van der Waals surface area (Å²) in [5.74, 6) is -10.7. The number of hydrogen-bond acceptors (Lipinski definition) is 8. The van der Waals surface area contributed by atoms with Gasteiger partial charge in [0.25, 0.3) is 0 Å². The molecule has 0 aromatic heterocycles. The van der Waals surface area contributed by atoms with Crippen LogP contribution in [0.4, 0.5) is 0 Å². The molecule has 45 heavy (non-hydrogen) atoms. The number of carbonyl (C=O) groups excluding carboxylic acids is 6. The Hall–Kier alpha value is -3.00. The summed E-state index contributed by atoms with van der Waals surface area (Å²) in [5, 5.41) is 23.7. The van der Waals surface area contributed by atoms with E-state index in [0.29, 0.717) is 24.3 Å². The molecule has 4 aliphatic rings. The van der Waals surface area contributed by atoms with Crippen molar-refractivity contribution in [3.8, 4) is 5.75 Å². The first-order chi connectivity index (χ1) is 21.1. The molecule has 0 radical (unpaired) electrons. The van der Waals surface area contributed by atoms with E-state index in [1.165, 1.54) is 6.07 Å². The summed E-state index contributed by atoms with van der Waals surface area (Å²) in [6, 6.07) is 4.87. The van der Waals surface area contributed by atoms with Crippen molar-refractivity contribution in [2.45, 2.75) is 111 Å². The maximum atomic E-state index is 15.0. The SMILES string of the molecule is CCCC(=O)C[C@@H]1[C@]2(C)C(C(=O)c3c(O)cccc3[C@H]2CCC2CCCC2)C(=O)[C@@]2(O)C(=O)C(C(C)=O)C(=O)C(C(C)C)[C@@]12C. The van der Waals surface area contributed by atoms with Crippen LogP contribution >= 0.6 is 0 Å². The van der Waals surface area contributed by atoms with Gasteiger partial charge in [0, 0.05) is 24.2 Å². The Morgan fingerprint density at radius 3 is 2.22 bits per heavy atom. The number of fused-ring (bicyclic) bond motifs is 3.